The zero-order valence-corrected chi connectivity index (χ0v) is 14.8. The van der Waals surface area contributed by atoms with Gasteiger partial charge in [-0.1, -0.05) is 25.3 Å². The van der Waals surface area contributed by atoms with Crippen LogP contribution >= 0.6 is 15.9 Å². The Morgan fingerprint density at radius 1 is 1.22 bits per heavy atom. The molecule has 3 unspecified atom stereocenters. The number of nitrogens with zero attached hydrogens (tertiary/aromatic N) is 1. The normalized spacial score (nSPS) is 36.6. The Morgan fingerprint density at radius 3 is 2.91 bits per heavy atom. The molecule has 1 aliphatic heterocycles. The van der Waals surface area contributed by atoms with Crippen LogP contribution in [-0.4, -0.2) is 16.9 Å². The van der Waals surface area contributed by atoms with Crippen molar-refractivity contribution < 1.29 is 4.79 Å². The minimum atomic E-state index is 0.249. The largest absolute Gasteiger partial charge is 0.353 e. The molecule has 23 heavy (non-hydrogen) atoms. The molecular formula is C19H23BrN2O. The van der Waals surface area contributed by atoms with E-state index in [0.717, 1.165) is 22.0 Å². The van der Waals surface area contributed by atoms with Crippen molar-refractivity contribution in [2.75, 3.05) is 0 Å². The highest BCUT2D eigenvalue weighted by atomic mass is 79.9. The average molecular weight is 375 g/mol. The van der Waals surface area contributed by atoms with Crippen LogP contribution in [0.4, 0.5) is 0 Å². The molecule has 3 fully saturated rings. The summed E-state index contributed by atoms with van der Waals surface area (Å²) in [5.41, 5.74) is 1.000. The Balaban J connectivity index is 1.59. The van der Waals surface area contributed by atoms with Crippen molar-refractivity contribution in [3.05, 3.63) is 34.6 Å². The second kappa shape index (κ2) is 6.39. The van der Waals surface area contributed by atoms with Gasteiger partial charge in [0.15, 0.2) is 0 Å². The lowest BCUT2D eigenvalue weighted by Gasteiger charge is -2.46. The molecule has 2 heterocycles. The fraction of sp³-hybridized carbons (Fsp3) is 0.579. The van der Waals surface area contributed by atoms with Gasteiger partial charge in [-0.25, -0.2) is 0 Å². The number of rotatable bonds is 2. The van der Waals surface area contributed by atoms with Crippen molar-refractivity contribution in [2.45, 2.75) is 44.6 Å². The number of amides is 1. The topological polar surface area (TPSA) is 42.0 Å². The minimum Gasteiger partial charge on any atom is -0.353 e. The van der Waals surface area contributed by atoms with E-state index in [-0.39, 0.29) is 5.91 Å². The summed E-state index contributed by atoms with van der Waals surface area (Å²) in [7, 11) is 0. The summed E-state index contributed by atoms with van der Waals surface area (Å²) in [5, 5.41) is 3.23. The van der Waals surface area contributed by atoms with E-state index in [1.165, 1.54) is 32.1 Å². The molecule has 1 N–H and O–H groups in total. The summed E-state index contributed by atoms with van der Waals surface area (Å²) >= 11 is 3.43. The number of allylic oxidation sites excluding steroid dienone is 1. The molecule has 1 aromatic rings. The Kier molecular flexibility index (Phi) is 4.27. The molecule has 0 bridgehead atoms. The molecule has 1 amide bonds. The van der Waals surface area contributed by atoms with Gasteiger partial charge >= 0.3 is 0 Å². The van der Waals surface area contributed by atoms with Crippen molar-refractivity contribution in [1.29, 1.82) is 0 Å². The molecule has 122 valence electrons. The molecular weight excluding hydrogens is 352 g/mol. The highest BCUT2D eigenvalue weighted by Gasteiger charge is 2.47. The predicted molar refractivity (Wildman–Crippen MR) is 94.6 cm³/mol. The summed E-state index contributed by atoms with van der Waals surface area (Å²) in [4.78, 5) is 16.4. The second-order valence-corrected chi connectivity index (χ2v) is 8.24. The lowest BCUT2D eigenvalue weighted by atomic mass is 9.60. The zero-order chi connectivity index (χ0) is 15.8. The molecule has 3 nitrogen and oxygen atoms in total. The summed E-state index contributed by atoms with van der Waals surface area (Å²) in [6, 6.07) is 4.46. The maximum atomic E-state index is 11.9. The first kappa shape index (κ1) is 15.4. The molecule has 4 rings (SSSR count). The smallest absolute Gasteiger partial charge is 0.220 e. The number of aromatic nitrogens is 1. The first-order chi connectivity index (χ1) is 11.2. The molecule has 0 spiro atoms. The van der Waals surface area contributed by atoms with Crippen LogP contribution in [0.5, 0.6) is 0 Å². The van der Waals surface area contributed by atoms with Gasteiger partial charge in [-0.3, -0.25) is 9.78 Å². The lowest BCUT2D eigenvalue weighted by molar-refractivity contribution is -0.119. The molecule has 3 aliphatic rings. The van der Waals surface area contributed by atoms with E-state index in [1.807, 2.05) is 18.3 Å². The van der Waals surface area contributed by atoms with Crippen LogP contribution in [0.1, 0.15) is 44.2 Å². The summed E-state index contributed by atoms with van der Waals surface area (Å²) < 4.78 is 1.00. The molecule has 2 saturated carbocycles. The van der Waals surface area contributed by atoms with E-state index in [9.17, 15) is 4.79 Å². The third kappa shape index (κ3) is 3.10. The van der Waals surface area contributed by atoms with Crippen molar-refractivity contribution in [3.8, 4) is 0 Å². The quantitative estimate of drug-likeness (QED) is 0.842. The van der Waals surface area contributed by atoms with Crippen molar-refractivity contribution >= 4 is 27.9 Å². The Morgan fingerprint density at radius 2 is 2.09 bits per heavy atom. The van der Waals surface area contributed by atoms with Gasteiger partial charge in [0, 0.05) is 23.1 Å². The van der Waals surface area contributed by atoms with E-state index in [4.69, 9.17) is 0 Å². The molecule has 4 heteroatoms. The average Bonchev–Trinajstić information content (AvgIpc) is 2.93. The van der Waals surface area contributed by atoms with E-state index < -0.39 is 0 Å². The van der Waals surface area contributed by atoms with Crippen LogP contribution in [0, 0.1) is 23.7 Å². The molecule has 1 aromatic heterocycles. The Bertz CT molecular complexity index is 612. The third-order valence-corrected chi connectivity index (χ3v) is 6.51. The Labute approximate surface area is 146 Å². The van der Waals surface area contributed by atoms with E-state index in [2.05, 4.69) is 38.4 Å². The van der Waals surface area contributed by atoms with E-state index in [1.54, 1.807) is 0 Å². The maximum absolute atomic E-state index is 11.9. The number of pyridine rings is 1. The fourth-order valence-electron chi connectivity index (χ4n) is 5.03. The lowest BCUT2D eigenvalue weighted by Crippen LogP contribution is -2.45. The first-order valence-electron chi connectivity index (χ1n) is 8.80. The standard InChI is InChI=1S/C19H23BrN2O/c20-13-5-6-14(21-11-13)7-8-16-15-4-2-1-3-12(15)9-18-17(16)10-19(23)22-18/h5-8,11-12,15-18H,1-4,9-10H2,(H,22,23)/b8-7+/t12?,15?,16?,17-,18+/m1/s1. The van der Waals surface area contributed by atoms with Gasteiger partial charge in [-0.15, -0.1) is 0 Å². The van der Waals surface area contributed by atoms with Crippen molar-refractivity contribution in [1.82, 2.24) is 10.3 Å². The molecule has 0 radical (unpaired) electrons. The maximum Gasteiger partial charge on any atom is 0.220 e. The van der Waals surface area contributed by atoms with Crippen molar-refractivity contribution in [3.63, 3.8) is 0 Å². The van der Waals surface area contributed by atoms with Crippen LogP contribution in [0.3, 0.4) is 0 Å². The summed E-state index contributed by atoms with van der Waals surface area (Å²) in [5.74, 6) is 2.79. The third-order valence-electron chi connectivity index (χ3n) is 6.04. The highest BCUT2D eigenvalue weighted by molar-refractivity contribution is 9.10. The minimum absolute atomic E-state index is 0.249. The molecule has 2 aliphatic carbocycles. The number of carbonyl (C=O) groups is 1. The van der Waals surface area contributed by atoms with Gasteiger partial charge in [-0.05, 0) is 70.7 Å². The van der Waals surface area contributed by atoms with E-state index in [0.29, 0.717) is 24.3 Å². The zero-order valence-electron chi connectivity index (χ0n) is 13.2. The summed E-state index contributed by atoms with van der Waals surface area (Å²) in [6.45, 7) is 0. The number of halogens is 1. The van der Waals surface area contributed by atoms with Crippen molar-refractivity contribution in [2.24, 2.45) is 23.7 Å². The SMILES string of the molecule is O=C1C[C@@H]2C(/C=C/c3ccc(Br)cn3)C3CCCCC3C[C@@H]2N1. The highest BCUT2D eigenvalue weighted by Crippen LogP contribution is 2.49. The number of hydrogen-bond acceptors (Lipinski definition) is 2. The van der Waals surface area contributed by atoms with Crippen LogP contribution in [0.15, 0.2) is 28.9 Å². The van der Waals surface area contributed by atoms with Crippen LogP contribution < -0.4 is 5.32 Å². The van der Waals surface area contributed by atoms with Gasteiger partial charge in [-0.2, -0.15) is 0 Å². The number of carbonyl (C=O) groups excluding carboxylic acids is 1. The van der Waals surface area contributed by atoms with Crippen LogP contribution in [0.2, 0.25) is 0 Å². The number of hydrogen-bond donors (Lipinski definition) is 1. The first-order valence-corrected chi connectivity index (χ1v) is 9.59. The molecule has 0 aromatic carbocycles. The van der Waals surface area contributed by atoms with Gasteiger partial charge in [0.2, 0.25) is 5.91 Å². The van der Waals surface area contributed by atoms with Crippen LogP contribution in [-0.2, 0) is 4.79 Å². The monoisotopic (exact) mass is 374 g/mol. The second-order valence-electron chi connectivity index (χ2n) is 7.32. The number of nitrogens with one attached hydrogen (secondary N) is 1. The van der Waals surface area contributed by atoms with Gasteiger partial charge < -0.3 is 5.32 Å². The molecule has 1 saturated heterocycles. The van der Waals surface area contributed by atoms with E-state index >= 15 is 0 Å². The van der Waals surface area contributed by atoms with Crippen LogP contribution in [0.25, 0.3) is 6.08 Å². The predicted octanol–water partition coefficient (Wildman–Crippen LogP) is 4.19. The molecule has 5 atom stereocenters. The number of fused-ring (bicyclic) bond motifs is 2. The Hall–Kier alpha value is -1.16. The van der Waals surface area contributed by atoms with Gasteiger partial charge in [0.25, 0.3) is 0 Å². The fourth-order valence-corrected chi connectivity index (χ4v) is 5.26. The summed E-state index contributed by atoms with van der Waals surface area (Å²) in [6.07, 6.45) is 13.6. The van der Waals surface area contributed by atoms with Gasteiger partial charge in [0.1, 0.15) is 0 Å². The van der Waals surface area contributed by atoms with Gasteiger partial charge in [0.05, 0.1) is 5.69 Å².